The largest absolute Gasteiger partial charge is 0.584 e. The summed E-state index contributed by atoms with van der Waals surface area (Å²) in [4.78, 5) is 12.4. The van der Waals surface area contributed by atoms with Gasteiger partial charge in [-0.25, -0.2) is 4.57 Å². The standard InChI is InChI=1S/C32H48NO5PS/c1-2-3-4-5-6-7-8-9-10-11-12-13-14-15-24-36-30-19-21-31(22-20-30)37-39(34,35)38-32-18-16-17-29(26-32)27-33-23-25-40-28-33/h16-23,25-26H,2-15,24,27-28H2,1H3,(H,34,35). The maximum absolute atomic E-state index is 12.6. The lowest BCUT2D eigenvalue weighted by atomic mass is 10.0. The monoisotopic (exact) mass is 589 g/mol. The molecule has 1 N–H and O–H groups in total. The fraction of sp³-hybridized carbons (Fsp3) is 0.562. The minimum absolute atomic E-state index is 0.255. The van der Waals surface area contributed by atoms with Gasteiger partial charge in [-0.3, -0.25) is 4.89 Å². The van der Waals surface area contributed by atoms with Crippen LogP contribution in [0, 0.1) is 0 Å². The Bertz CT molecular complexity index is 1030. The Morgan fingerprint density at radius 3 is 1.95 bits per heavy atom. The third kappa shape index (κ3) is 14.0. The summed E-state index contributed by atoms with van der Waals surface area (Å²) in [5.74, 6) is 2.17. The predicted octanol–water partition coefficient (Wildman–Crippen LogP) is 10.1. The summed E-state index contributed by atoms with van der Waals surface area (Å²) >= 11 is 1.73. The van der Waals surface area contributed by atoms with Gasteiger partial charge < -0.3 is 18.7 Å². The van der Waals surface area contributed by atoms with Crippen molar-refractivity contribution in [1.82, 2.24) is 4.90 Å². The first-order chi connectivity index (χ1) is 19.5. The van der Waals surface area contributed by atoms with E-state index >= 15 is 0 Å². The van der Waals surface area contributed by atoms with Crippen LogP contribution in [0.25, 0.3) is 0 Å². The highest BCUT2D eigenvalue weighted by Gasteiger charge is 2.25. The highest BCUT2D eigenvalue weighted by atomic mass is 32.2. The van der Waals surface area contributed by atoms with E-state index in [0.717, 1.165) is 23.6 Å². The van der Waals surface area contributed by atoms with Crippen molar-refractivity contribution in [2.75, 3.05) is 12.5 Å². The van der Waals surface area contributed by atoms with Gasteiger partial charge in [0, 0.05) is 12.7 Å². The number of ether oxygens (including phenoxy) is 1. The minimum Gasteiger partial charge on any atom is -0.494 e. The van der Waals surface area contributed by atoms with E-state index in [2.05, 4.69) is 11.8 Å². The van der Waals surface area contributed by atoms with Crippen molar-refractivity contribution in [2.45, 2.75) is 103 Å². The van der Waals surface area contributed by atoms with E-state index in [1.54, 1.807) is 48.2 Å². The van der Waals surface area contributed by atoms with Crippen molar-refractivity contribution >= 4 is 19.6 Å². The molecule has 0 spiro atoms. The molecular formula is C32H48NO5PS. The van der Waals surface area contributed by atoms with E-state index in [4.69, 9.17) is 13.8 Å². The molecule has 1 atom stereocenters. The molecule has 3 rings (SSSR count). The molecule has 0 bridgehead atoms. The number of rotatable bonds is 22. The van der Waals surface area contributed by atoms with Crippen LogP contribution in [-0.2, 0) is 11.1 Å². The maximum atomic E-state index is 12.6. The zero-order valence-corrected chi connectivity index (χ0v) is 25.9. The van der Waals surface area contributed by atoms with E-state index in [9.17, 15) is 9.46 Å². The first kappa shape index (κ1) is 32.4. The lowest BCUT2D eigenvalue weighted by Crippen LogP contribution is -2.12. The van der Waals surface area contributed by atoms with Gasteiger partial charge >= 0.3 is 7.82 Å². The summed E-state index contributed by atoms with van der Waals surface area (Å²) in [5, 5.41) is 2.05. The van der Waals surface area contributed by atoms with Gasteiger partial charge in [-0.15, -0.1) is 11.8 Å². The van der Waals surface area contributed by atoms with Crippen molar-refractivity contribution in [3.63, 3.8) is 0 Å². The number of nitrogens with zero attached hydrogens (tertiary/aromatic N) is 1. The molecule has 8 heteroatoms. The maximum Gasteiger partial charge on any atom is 0.584 e. The number of hydrogen-bond donors (Lipinski definition) is 1. The molecule has 0 saturated carbocycles. The molecule has 222 valence electrons. The molecule has 1 unspecified atom stereocenters. The Kier molecular flexibility index (Phi) is 15.5. The van der Waals surface area contributed by atoms with Crippen molar-refractivity contribution < 1.29 is 23.2 Å². The lowest BCUT2D eigenvalue weighted by Gasteiger charge is -2.17. The van der Waals surface area contributed by atoms with Gasteiger partial charge in [0.1, 0.15) is 17.2 Å². The van der Waals surface area contributed by atoms with Crippen molar-refractivity contribution in [3.05, 3.63) is 65.7 Å². The van der Waals surface area contributed by atoms with Crippen molar-refractivity contribution in [2.24, 2.45) is 0 Å². The van der Waals surface area contributed by atoms with Gasteiger partial charge in [0.05, 0.1) is 12.5 Å². The van der Waals surface area contributed by atoms with Gasteiger partial charge in [0.25, 0.3) is 0 Å². The fourth-order valence-electron chi connectivity index (χ4n) is 4.71. The third-order valence-corrected chi connectivity index (χ3v) is 8.60. The van der Waals surface area contributed by atoms with E-state index in [1.807, 2.05) is 23.7 Å². The van der Waals surface area contributed by atoms with Gasteiger partial charge in [-0.2, -0.15) is 0 Å². The second-order valence-electron chi connectivity index (χ2n) is 10.5. The SMILES string of the molecule is CCCCCCCCCCCCCCCCOc1ccc(OP(=O)(O)Oc2cccc(CN3C=CSC3)c2)cc1. The molecule has 40 heavy (non-hydrogen) atoms. The normalized spacial score (nSPS) is 14.3. The molecule has 2 aromatic rings. The molecule has 0 aromatic heterocycles. The minimum atomic E-state index is -4.33. The van der Waals surface area contributed by atoms with Crippen LogP contribution in [0.4, 0.5) is 0 Å². The quantitative estimate of drug-likeness (QED) is 0.108. The third-order valence-electron chi connectivity index (χ3n) is 6.92. The number of unbranched alkanes of at least 4 members (excludes halogenated alkanes) is 13. The first-order valence-electron chi connectivity index (χ1n) is 15.1. The number of phosphoric acid groups is 1. The molecule has 6 nitrogen and oxygen atoms in total. The van der Waals surface area contributed by atoms with Crippen LogP contribution in [0.2, 0.25) is 0 Å². The molecule has 1 aliphatic heterocycles. The average molecular weight is 590 g/mol. The molecule has 0 saturated heterocycles. The number of hydrogen-bond acceptors (Lipinski definition) is 6. The van der Waals surface area contributed by atoms with Crippen LogP contribution < -0.4 is 13.8 Å². The molecule has 0 aliphatic carbocycles. The van der Waals surface area contributed by atoms with Gasteiger partial charge in [-0.05, 0) is 53.8 Å². The molecule has 0 fully saturated rings. The number of thioether (sulfide) groups is 1. The summed E-state index contributed by atoms with van der Waals surface area (Å²) in [7, 11) is -4.33. The average Bonchev–Trinajstić information content (AvgIpc) is 3.44. The summed E-state index contributed by atoms with van der Waals surface area (Å²) in [5.41, 5.74) is 0.991. The van der Waals surface area contributed by atoms with E-state index in [1.165, 1.54) is 83.5 Å². The van der Waals surface area contributed by atoms with Crippen molar-refractivity contribution in [1.29, 1.82) is 0 Å². The molecule has 0 radical (unpaired) electrons. The summed E-state index contributed by atoms with van der Waals surface area (Å²) in [6, 6.07) is 13.9. The van der Waals surface area contributed by atoms with Crippen LogP contribution in [0.15, 0.2) is 60.1 Å². The first-order valence-corrected chi connectivity index (χ1v) is 17.6. The van der Waals surface area contributed by atoms with Crippen LogP contribution in [0.5, 0.6) is 17.2 Å². The number of phosphoric ester groups is 1. The molecular weight excluding hydrogens is 541 g/mol. The van der Waals surface area contributed by atoms with E-state index in [0.29, 0.717) is 18.9 Å². The Morgan fingerprint density at radius 1 is 0.775 bits per heavy atom. The van der Waals surface area contributed by atoms with Gasteiger partial charge in [-0.1, -0.05) is 103 Å². The summed E-state index contributed by atoms with van der Waals surface area (Å²) in [6.45, 7) is 3.65. The van der Waals surface area contributed by atoms with Gasteiger partial charge in [0.2, 0.25) is 0 Å². The van der Waals surface area contributed by atoms with E-state index in [-0.39, 0.29) is 5.75 Å². The Balaban J connectivity index is 1.23. The number of benzene rings is 2. The summed E-state index contributed by atoms with van der Waals surface area (Å²) in [6.07, 6.45) is 20.7. The highest BCUT2D eigenvalue weighted by Crippen LogP contribution is 2.44. The predicted molar refractivity (Wildman–Crippen MR) is 167 cm³/mol. The van der Waals surface area contributed by atoms with E-state index < -0.39 is 7.82 Å². The molecule has 1 heterocycles. The second-order valence-corrected chi connectivity index (χ2v) is 12.7. The van der Waals surface area contributed by atoms with Crippen LogP contribution in [0.1, 0.15) is 102 Å². The molecule has 2 aromatic carbocycles. The lowest BCUT2D eigenvalue weighted by molar-refractivity contribution is 0.289. The second kappa shape index (κ2) is 19.1. The fourth-order valence-corrected chi connectivity index (χ4v) is 6.23. The van der Waals surface area contributed by atoms with Crippen molar-refractivity contribution in [3.8, 4) is 17.2 Å². The Morgan fingerprint density at radius 2 is 1.35 bits per heavy atom. The van der Waals surface area contributed by atoms with Crippen LogP contribution in [-0.4, -0.2) is 22.3 Å². The Labute approximate surface area is 246 Å². The molecule has 1 aliphatic rings. The van der Waals surface area contributed by atoms with Crippen LogP contribution >= 0.6 is 19.6 Å². The Hall–Kier alpha value is -2.08. The van der Waals surface area contributed by atoms with Crippen LogP contribution in [0.3, 0.4) is 0 Å². The zero-order valence-electron chi connectivity index (χ0n) is 24.2. The smallest absolute Gasteiger partial charge is 0.494 e. The zero-order chi connectivity index (χ0) is 28.3. The van der Waals surface area contributed by atoms with Gasteiger partial charge in [0.15, 0.2) is 0 Å². The molecule has 0 amide bonds. The topological polar surface area (TPSA) is 68.2 Å². The summed E-state index contributed by atoms with van der Waals surface area (Å²) < 4.78 is 29.0. The highest BCUT2D eigenvalue weighted by molar-refractivity contribution is 8.02.